The number of benzene rings is 1. The van der Waals surface area contributed by atoms with E-state index in [4.69, 9.17) is 0 Å². The molecule has 1 fully saturated rings. The van der Waals surface area contributed by atoms with Crippen LogP contribution >= 0.6 is 11.8 Å². The van der Waals surface area contributed by atoms with E-state index in [2.05, 4.69) is 10.6 Å². The molecule has 2 rings (SSSR count). The highest BCUT2D eigenvalue weighted by molar-refractivity contribution is 7.99. The molecule has 1 saturated heterocycles. The van der Waals surface area contributed by atoms with Crippen LogP contribution in [0.25, 0.3) is 0 Å². The highest BCUT2D eigenvalue weighted by atomic mass is 32.2. The van der Waals surface area contributed by atoms with Gasteiger partial charge < -0.3 is 10.6 Å². The lowest BCUT2D eigenvalue weighted by atomic mass is 10.2. The molecule has 0 spiro atoms. The number of nitrogens with one attached hydrogen (secondary N) is 2. The fourth-order valence-electron chi connectivity index (χ4n) is 1.65. The van der Waals surface area contributed by atoms with Crippen molar-refractivity contribution in [2.75, 3.05) is 18.1 Å². The number of thioether (sulfide) groups is 1. The molecule has 0 saturated carbocycles. The van der Waals surface area contributed by atoms with Crippen molar-refractivity contribution in [2.24, 2.45) is 0 Å². The van der Waals surface area contributed by atoms with Gasteiger partial charge in [-0.2, -0.15) is 11.8 Å². The minimum absolute atomic E-state index is 0.0153. The lowest BCUT2D eigenvalue weighted by molar-refractivity contribution is -0.122. The normalized spacial score (nSPS) is 19.9. The summed E-state index contributed by atoms with van der Waals surface area (Å²) in [6.07, 6.45) is 0. The smallest absolute Gasteiger partial charge is 0.238 e. The second-order valence-electron chi connectivity index (χ2n) is 3.93. The molecule has 3 nitrogen and oxygen atoms in total. The number of rotatable bonds is 3. The molecule has 1 atom stereocenters. The molecule has 1 aromatic rings. The van der Waals surface area contributed by atoms with Crippen LogP contribution in [-0.2, 0) is 11.3 Å². The van der Waals surface area contributed by atoms with Crippen molar-refractivity contribution in [2.45, 2.75) is 12.6 Å². The molecule has 1 aliphatic heterocycles. The van der Waals surface area contributed by atoms with Crippen LogP contribution in [0, 0.1) is 5.82 Å². The topological polar surface area (TPSA) is 41.1 Å². The zero-order chi connectivity index (χ0) is 12.1. The summed E-state index contributed by atoms with van der Waals surface area (Å²) in [6, 6.07) is 6.05. The molecule has 5 heteroatoms. The Morgan fingerprint density at radius 3 is 2.88 bits per heavy atom. The summed E-state index contributed by atoms with van der Waals surface area (Å²) < 4.78 is 12.7. The zero-order valence-electron chi connectivity index (χ0n) is 9.41. The lowest BCUT2D eigenvalue weighted by Gasteiger charge is -2.22. The van der Waals surface area contributed by atoms with E-state index in [0.717, 1.165) is 23.6 Å². The van der Waals surface area contributed by atoms with Gasteiger partial charge in [-0.25, -0.2) is 4.39 Å². The minimum Gasteiger partial charge on any atom is -0.351 e. The van der Waals surface area contributed by atoms with E-state index in [1.165, 1.54) is 12.1 Å². The molecule has 0 aromatic heterocycles. The third-order valence-electron chi connectivity index (χ3n) is 2.62. The molecule has 1 unspecified atom stereocenters. The van der Waals surface area contributed by atoms with Crippen molar-refractivity contribution in [3.8, 4) is 0 Å². The molecular weight excluding hydrogens is 239 g/mol. The van der Waals surface area contributed by atoms with Crippen molar-refractivity contribution in [3.63, 3.8) is 0 Å². The van der Waals surface area contributed by atoms with Gasteiger partial charge in [0.25, 0.3) is 0 Å². The Kier molecular flexibility index (Phi) is 4.39. The Hall–Kier alpha value is -1.07. The van der Waals surface area contributed by atoms with Crippen LogP contribution < -0.4 is 10.6 Å². The van der Waals surface area contributed by atoms with Gasteiger partial charge >= 0.3 is 0 Å². The molecule has 2 N–H and O–H groups in total. The van der Waals surface area contributed by atoms with Gasteiger partial charge in [0.15, 0.2) is 0 Å². The summed E-state index contributed by atoms with van der Waals surface area (Å²) in [4.78, 5) is 11.8. The number of amides is 1. The molecule has 1 aliphatic rings. The molecule has 17 heavy (non-hydrogen) atoms. The van der Waals surface area contributed by atoms with E-state index >= 15 is 0 Å². The first-order valence-corrected chi connectivity index (χ1v) is 6.74. The number of hydrogen-bond acceptors (Lipinski definition) is 3. The molecule has 0 aliphatic carbocycles. The van der Waals surface area contributed by atoms with Gasteiger partial charge in [0, 0.05) is 24.6 Å². The first-order chi connectivity index (χ1) is 8.25. The summed E-state index contributed by atoms with van der Waals surface area (Å²) >= 11 is 1.78. The maximum absolute atomic E-state index is 12.7. The standard InChI is InChI=1S/C12H15FN2OS/c13-10-3-1-9(2-4-10)7-15-12(16)11-8-17-6-5-14-11/h1-4,11,14H,5-8H2,(H,15,16). The van der Waals surface area contributed by atoms with Gasteiger partial charge in [-0.15, -0.1) is 0 Å². The largest absolute Gasteiger partial charge is 0.351 e. The Labute approximate surface area is 104 Å². The summed E-state index contributed by atoms with van der Waals surface area (Å²) in [5, 5.41) is 6.02. The summed E-state index contributed by atoms with van der Waals surface area (Å²) in [5.74, 6) is 1.63. The quantitative estimate of drug-likeness (QED) is 0.850. The van der Waals surface area contributed by atoms with Crippen LogP contribution in [0.1, 0.15) is 5.56 Å². The van der Waals surface area contributed by atoms with E-state index in [0.29, 0.717) is 6.54 Å². The Bertz CT molecular complexity index is 377. The average Bonchev–Trinajstić information content (AvgIpc) is 2.39. The molecular formula is C12H15FN2OS. The molecule has 1 heterocycles. The first kappa shape index (κ1) is 12.4. The SMILES string of the molecule is O=C(NCc1ccc(F)cc1)C1CSCCN1. The van der Waals surface area contributed by atoms with Crippen LogP contribution in [0.5, 0.6) is 0 Å². The monoisotopic (exact) mass is 254 g/mol. The Balaban J connectivity index is 1.81. The van der Waals surface area contributed by atoms with Crippen molar-refractivity contribution >= 4 is 17.7 Å². The van der Waals surface area contributed by atoms with Crippen LogP contribution in [-0.4, -0.2) is 30.0 Å². The molecule has 1 amide bonds. The van der Waals surface area contributed by atoms with Gasteiger partial charge in [-0.3, -0.25) is 4.79 Å². The summed E-state index contributed by atoms with van der Waals surface area (Å²) in [5.41, 5.74) is 0.906. The lowest BCUT2D eigenvalue weighted by Crippen LogP contribution is -2.48. The van der Waals surface area contributed by atoms with Gasteiger partial charge in [-0.05, 0) is 17.7 Å². The minimum atomic E-state index is -0.259. The highest BCUT2D eigenvalue weighted by Gasteiger charge is 2.20. The van der Waals surface area contributed by atoms with E-state index in [1.807, 2.05) is 0 Å². The van der Waals surface area contributed by atoms with E-state index < -0.39 is 0 Å². The maximum atomic E-state index is 12.7. The third kappa shape index (κ3) is 3.71. The van der Waals surface area contributed by atoms with Crippen LogP contribution in [0.4, 0.5) is 4.39 Å². The highest BCUT2D eigenvalue weighted by Crippen LogP contribution is 2.08. The van der Waals surface area contributed by atoms with Crippen molar-refractivity contribution < 1.29 is 9.18 Å². The summed E-state index contributed by atoms with van der Waals surface area (Å²) in [6.45, 7) is 1.32. The predicted octanol–water partition coefficient (Wildman–Crippen LogP) is 1.15. The number of hydrogen-bond donors (Lipinski definition) is 2. The predicted molar refractivity (Wildman–Crippen MR) is 67.4 cm³/mol. The number of carbonyl (C=O) groups excluding carboxylic acids is 1. The van der Waals surface area contributed by atoms with Crippen LogP contribution in [0.3, 0.4) is 0 Å². The fourth-order valence-corrected chi connectivity index (χ4v) is 2.58. The second-order valence-corrected chi connectivity index (χ2v) is 5.08. The average molecular weight is 254 g/mol. The molecule has 92 valence electrons. The van der Waals surface area contributed by atoms with Crippen LogP contribution in [0.15, 0.2) is 24.3 Å². The van der Waals surface area contributed by atoms with Crippen LogP contribution in [0.2, 0.25) is 0 Å². The van der Waals surface area contributed by atoms with Gasteiger partial charge in [0.1, 0.15) is 5.82 Å². The fraction of sp³-hybridized carbons (Fsp3) is 0.417. The first-order valence-electron chi connectivity index (χ1n) is 5.59. The van der Waals surface area contributed by atoms with Gasteiger partial charge in [-0.1, -0.05) is 12.1 Å². The number of halogens is 1. The van der Waals surface area contributed by atoms with E-state index in [-0.39, 0.29) is 17.8 Å². The molecule has 0 radical (unpaired) electrons. The van der Waals surface area contributed by atoms with Crippen molar-refractivity contribution in [3.05, 3.63) is 35.6 Å². The van der Waals surface area contributed by atoms with Crippen molar-refractivity contribution in [1.82, 2.24) is 10.6 Å². The second kappa shape index (κ2) is 6.02. The van der Waals surface area contributed by atoms with Gasteiger partial charge in [0.05, 0.1) is 6.04 Å². The third-order valence-corrected chi connectivity index (χ3v) is 3.68. The zero-order valence-corrected chi connectivity index (χ0v) is 10.2. The Morgan fingerprint density at radius 1 is 1.47 bits per heavy atom. The number of carbonyl (C=O) groups is 1. The van der Waals surface area contributed by atoms with E-state index in [9.17, 15) is 9.18 Å². The Morgan fingerprint density at radius 2 is 2.24 bits per heavy atom. The molecule has 1 aromatic carbocycles. The maximum Gasteiger partial charge on any atom is 0.238 e. The summed E-state index contributed by atoms with van der Waals surface area (Å²) in [7, 11) is 0. The molecule has 0 bridgehead atoms. The van der Waals surface area contributed by atoms with Crippen molar-refractivity contribution in [1.29, 1.82) is 0 Å². The van der Waals surface area contributed by atoms with Gasteiger partial charge in [0.2, 0.25) is 5.91 Å². The van der Waals surface area contributed by atoms with E-state index in [1.54, 1.807) is 23.9 Å².